The van der Waals surface area contributed by atoms with Crippen LogP contribution in [0.3, 0.4) is 0 Å². The number of rotatable bonds is 2. The van der Waals surface area contributed by atoms with Gasteiger partial charge in [-0.1, -0.05) is 0 Å². The van der Waals surface area contributed by atoms with E-state index in [9.17, 15) is 14.9 Å². The van der Waals surface area contributed by atoms with E-state index in [2.05, 4.69) is 10.3 Å². The van der Waals surface area contributed by atoms with Crippen LogP contribution in [-0.4, -0.2) is 20.4 Å². The van der Waals surface area contributed by atoms with Crippen molar-refractivity contribution in [2.45, 2.75) is 13.8 Å². The summed E-state index contributed by atoms with van der Waals surface area (Å²) >= 11 is 0. The summed E-state index contributed by atoms with van der Waals surface area (Å²) in [5.74, 6) is -0.247. The number of nitro groups is 1. The Morgan fingerprint density at radius 2 is 2.21 bits per heavy atom. The van der Waals surface area contributed by atoms with Gasteiger partial charge in [0, 0.05) is 6.92 Å². The molecule has 0 atom stereocenters. The molecule has 0 unspecified atom stereocenters. The van der Waals surface area contributed by atoms with E-state index in [1.807, 2.05) is 0 Å². The number of nitrogens with zero attached hydrogens (tertiary/aromatic N) is 3. The predicted molar refractivity (Wildman–Crippen MR) is 48.9 cm³/mol. The summed E-state index contributed by atoms with van der Waals surface area (Å²) in [6.07, 6.45) is 0. The molecule has 1 aromatic heterocycles. The molecule has 7 heteroatoms. The first-order valence-corrected chi connectivity index (χ1v) is 3.88. The molecule has 0 fully saturated rings. The molecule has 1 amide bonds. The molecule has 1 aromatic rings. The Hall–Kier alpha value is -1.92. The maximum absolute atomic E-state index is 10.7. The first-order chi connectivity index (χ1) is 6.43. The standard InChI is InChI=1S/C7H10N4O3/c1-4-6(11(13)14)10(3)7(8-4)9-5(2)12/h1-3H3,(H,8,9,12). The number of nitrogens with one attached hydrogen (secondary N) is 1. The monoisotopic (exact) mass is 198 g/mol. The second-order valence-corrected chi connectivity index (χ2v) is 2.84. The zero-order valence-electron chi connectivity index (χ0n) is 8.07. The third kappa shape index (κ3) is 1.70. The number of aryl methyl sites for hydroxylation is 1. The lowest BCUT2D eigenvalue weighted by atomic mass is 10.5. The molecule has 1 rings (SSSR count). The second-order valence-electron chi connectivity index (χ2n) is 2.84. The molecular weight excluding hydrogens is 188 g/mol. The van der Waals surface area contributed by atoms with Crippen LogP contribution in [0.15, 0.2) is 0 Å². The van der Waals surface area contributed by atoms with E-state index < -0.39 is 4.92 Å². The Kier molecular flexibility index (Phi) is 2.50. The lowest BCUT2D eigenvalue weighted by Crippen LogP contribution is -2.11. The Morgan fingerprint density at radius 1 is 1.64 bits per heavy atom. The largest absolute Gasteiger partial charge is 0.358 e. The third-order valence-corrected chi connectivity index (χ3v) is 1.69. The van der Waals surface area contributed by atoms with Crippen molar-refractivity contribution in [3.63, 3.8) is 0 Å². The molecule has 0 saturated heterocycles. The fraction of sp³-hybridized carbons (Fsp3) is 0.429. The minimum Gasteiger partial charge on any atom is -0.358 e. The normalized spacial score (nSPS) is 9.93. The molecule has 0 bridgehead atoms. The highest BCUT2D eigenvalue weighted by Crippen LogP contribution is 2.20. The zero-order chi connectivity index (χ0) is 10.9. The highest BCUT2D eigenvalue weighted by atomic mass is 16.6. The van der Waals surface area contributed by atoms with Crippen molar-refractivity contribution >= 4 is 17.7 Å². The third-order valence-electron chi connectivity index (χ3n) is 1.69. The maximum atomic E-state index is 10.7. The molecule has 0 aliphatic heterocycles. The Morgan fingerprint density at radius 3 is 2.57 bits per heavy atom. The van der Waals surface area contributed by atoms with Gasteiger partial charge in [0.2, 0.25) is 5.91 Å². The van der Waals surface area contributed by atoms with Crippen molar-refractivity contribution in [1.29, 1.82) is 0 Å². The van der Waals surface area contributed by atoms with Crippen molar-refractivity contribution in [2.75, 3.05) is 5.32 Å². The van der Waals surface area contributed by atoms with E-state index in [1.165, 1.54) is 25.5 Å². The summed E-state index contributed by atoms with van der Waals surface area (Å²) < 4.78 is 1.23. The van der Waals surface area contributed by atoms with Gasteiger partial charge >= 0.3 is 11.8 Å². The molecule has 0 aliphatic rings. The molecular formula is C7H10N4O3. The fourth-order valence-electron chi connectivity index (χ4n) is 1.15. The average molecular weight is 198 g/mol. The lowest BCUT2D eigenvalue weighted by Gasteiger charge is -1.97. The van der Waals surface area contributed by atoms with Crippen LogP contribution in [0, 0.1) is 17.0 Å². The van der Waals surface area contributed by atoms with Gasteiger partial charge < -0.3 is 10.1 Å². The van der Waals surface area contributed by atoms with Gasteiger partial charge in [0.25, 0.3) is 0 Å². The van der Waals surface area contributed by atoms with Crippen molar-refractivity contribution < 1.29 is 9.72 Å². The lowest BCUT2D eigenvalue weighted by molar-refractivity contribution is -0.392. The van der Waals surface area contributed by atoms with Gasteiger partial charge in [0.15, 0.2) is 0 Å². The summed E-state index contributed by atoms with van der Waals surface area (Å²) in [7, 11) is 1.48. The highest BCUT2D eigenvalue weighted by molar-refractivity contribution is 5.87. The van der Waals surface area contributed by atoms with E-state index in [0.717, 1.165) is 0 Å². The quantitative estimate of drug-likeness (QED) is 0.556. The second kappa shape index (κ2) is 3.44. The predicted octanol–water partition coefficient (Wildman–Crippen LogP) is 0.595. The van der Waals surface area contributed by atoms with Crippen molar-refractivity contribution in [2.24, 2.45) is 7.05 Å². The summed E-state index contributed by atoms with van der Waals surface area (Å²) in [4.78, 5) is 24.6. The molecule has 76 valence electrons. The van der Waals surface area contributed by atoms with E-state index in [-0.39, 0.29) is 23.4 Å². The Bertz CT molecular complexity index is 396. The summed E-state index contributed by atoms with van der Waals surface area (Å²) in [5.41, 5.74) is 0.279. The topological polar surface area (TPSA) is 90.1 Å². The number of aromatic nitrogens is 2. The van der Waals surface area contributed by atoms with Crippen LogP contribution in [0.1, 0.15) is 12.6 Å². The molecule has 1 heterocycles. The number of carbonyl (C=O) groups excluding carboxylic acids is 1. The summed E-state index contributed by atoms with van der Waals surface area (Å²) in [6, 6.07) is 0. The van der Waals surface area contributed by atoms with E-state index in [1.54, 1.807) is 0 Å². The molecule has 0 aromatic carbocycles. The number of carbonyl (C=O) groups is 1. The minimum absolute atomic E-state index is 0.117. The fourth-order valence-corrected chi connectivity index (χ4v) is 1.15. The van der Waals surface area contributed by atoms with Crippen molar-refractivity contribution in [3.8, 4) is 0 Å². The smallest absolute Gasteiger partial charge is 0.347 e. The first-order valence-electron chi connectivity index (χ1n) is 3.88. The van der Waals surface area contributed by atoms with Gasteiger partial charge in [-0.15, -0.1) is 0 Å². The number of amides is 1. The minimum atomic E-state index is -0.534. The Labute approximate surface area is 79.9 Å². The van der Waals surface area contributed by atoms with Gasteiger partial charge in [-0.3, -0.25) is 10.1 Å². The van der Waals surface area contributed by atoms with Crippen molar-refractivity contribution in [3.05, 3.63) is 15.8 Å². The van der Waals surface area contributed by atoms with Gasteiger partial charge in [-0.2, -0.15) is 9.55 Å². The molecule has 0 aliphatic carbocycles. The van der Waals surface area contributed by atoms with Crippen LogP contribution in [0.5, 0.6) is 0 Å². The zero-order valence-corrected chi connectivity index (χ0v) is 8.07. The van der Waals surface area contributed by atoms with Crippen LogP contribution in [0.2, 0.25) is 0 Å². The van der Waals surface area contributed by atoms with Crippen LogP contribution < -0.4 is 5.32 Å². The highest BCUT2D eigenvalue weighted by Gasteiger charge is 2.21. The molecule has 1 N–H and O–H groups in total. The SMILES string of the molecule is CC(=O)Nc1nc(C)c([N+](=O)[O-])n1C. The van der Waals surface area contributed by atoms with Gasteiger partial charge in [-0.25, -0.2) is 0 Å². The van der Waals surface area contributed by atoms with Gasteiger partial charge in [-0.05, 0) is 11.8 Å². The first kappa shape index (κ1) is 10.2. The molecule has 0 spiro atoms. The van der Waals surface area contributed by atoms with E-state index in [4.69, 9.17) is 0 Å². The van der Waals surface area contributed by atoms with Gasteiger partial charge in [0.1, 0.15) is 5.69 Å². The number of hydrogen-bond acceptors (Lipinski definition) is 4. The Balaban J connectivity index is 3.16. The van der Waals surface area contributed by atoms with Crippen LogP contribution in [0.25, 0.3) is 0 Å². The molecule has 0 saturated carbocycles. The molecule has 7 nitrogen and oxygen atoms in total. The summed E-state index contributed by atoms with van der Waals surface area (Å²) in [6.45, 7) is 2.83. The van der Waals surface area contributed by atoms with E-state index >= 15 is 0 Å². The van der Waals surface area contributed by atoms with Crippen LogP contribution in [-0.2, 0) is 11.8 Å². The van der Waals surface area contributed by atoms with Crippen molar-refractivity contribution in [1.82, 2.24) is 9.55 Å². The maximum Gasteiger partial charge on any atom is 0.347 e. The van der Waals surface area contributed by atoms with Gasteiger partial charge in [0.05, 0.1) is 7.05 Å². The molecule has 0 radical (unpaired) electrons. The van der Waals surface area contributed by atoms with Crippen LogP contribution in [0.4, 0.5) is 11.8 Å². The number of imidazole rings is 1. The molecule has 14 heavy (non-hydrogen) atoms. The number of hydrogen-bond donors (Lipinski definition) is 1. The number of anilines is 1. The average Bonchev–Trinajstić information content (AvgIpc) is 2.25. The van der Waals surface area contributed by atoms with E-state index in [0.29, 0.717) is 0 Å². The van der Waals surface area contributed by atoms with Crippen LogP contribution >= 0.6 is 0 Å². The summed E-state index contributed by atoms with van der Waals surface area (Å²) in [5, 5.41) is 13.0.